The van der Waals surface area contributed by atoms with Crippen LogP contribution < -0.4 is 5.32 Å². The van der Waals surface area contributed by atoms with E-state index in [-0.39, 0.29) is 16.9 Å². The molecule has 1 amide bonds. The van der Waals surface area contributed by atoms with E-state index in [1.54, 1.807) is 6.08 Å². The summed E-state index contributed by atoms with van der Waals surface area (Å²) in [5.74, 6) is -0.368. The first-order valence-electron chi connectivity index (χ1n) is 9.44. The van der Waals surface area contributed by atoms with Crippen molar-refractivity contribution in [3.8, 4) is 6.07 Å². The van der Waals surface area contributed by atoms with Gasteiger partial charge in [-0.1, -0.05) is 77.1 Å². The van der Waals surface area contributed by atoms with Gasteiger partial charge in [-0.3, -0.25) is 4.79 Å². The van der Waals surface area contributed by atoms with Crippen LogP contribution in [-0.4, -0.2) is 5.91 Å². The van der Waals surface area contributed by atoms with E-state index in [4.69, 9.17) is 0 Å². The van der Waals surface area contributed by atoms with Crippen molar-refractivity contribution in [1.29, 1.82) is 5.26 Å². The molecule has 2 aromatic carbocycles. The summed E-state index contributed by atoms with van der Waals surface area (Å²) in [5, 5.41) is 12.5. The number of nitriles is 1. The summed E-state index contributed by atoms with van der Waals surface area (Å²) in [6, 6.07) is 16.0. The summed E-state index contributed by atoms with van der Waals surface area (Å²) in [6.07, 6.45) is 3.29. The zero-order chi connectivity index (χ0) is 20.0. The number of hydrogen-bond acceptors (Lipinski definition) is 2. The van der Waals surface area contributed by atoms with Crippen molar-refractivity contribution >= 4 is 17.7 Å². The van der Waals surface area contributed by atoms with Crippen LogP contribution in [0.25, 0.3) is 6.08 Å². The molecule has 0 aromatic heterocycles. The predicted octanol–water partition coefficient (Wildman–Crippen LogP) is 5.65. The molecule has 140 valence electrons. The van der Waals surface area contributed by atoms with Gasteiger partial charge in [0.05, 0.1) is 0 Å². The summed E-state index contributed by atoms with van der Waals surface area (Å²) in [5.41, 5.74) is 5.21. The molecule has 0 atom stereocenters. The van der Waals surface area contributed by atoms with E-state index >= 15 is 0 Å². The number of aryl methyl sites for hydroxylation is 2. The fourth-order valence-corrected chi connectivity index (χ4v) is 2.98. The maximum atomic E-state index is 12.7. The highest BCUT2D eigenvalue weighted by Gasteiger charge is 2.15. The van der Waals surface area contributed by atoms with Crippen LogP contribution >= 0.6 is 0 Å². The van der Waals surface area contributed by atoms with Crippen LogP contribution in [-0.2, 0) is 23.1 Å². The maximum Gasteiger partial charge on any atom is 0.266 e. The maximum absolute atomic E-state index is 12.7. The molecule has 0 saturated heterocycles. The molecule has 0 fully saturated rings. The fourth-order valence-electron chi connectivity index (χ4n) is 2.98. The van der Waals surface area contributed by atoms with E-state index in [0.717, 1.165) is 35.2 Å². The van der Waals surface area contributed by atoms with Gasteiger partial charge in [0.15, 0.2) is 0 Å². The molecule has 2 aromatic rings. The van der Waals surface area contributed by atoms with Gasteiger partial charge < -0.3 is 5.32 Å². The molecular weight excluding hydrogens is 332 g/mol. The molecule has 0 radical (unpaired) electrons. The lowest BCUT2D eigenvalue weighted by Gasteiger charge is -2.18. The second-order valence-electron chi connectivity index (χ2n) is 7.65. The van der Waals surface area contributed by atoms with Crippen LogP contribution in [0.4, 0.5) is 5.69 Å². The first-order chi connectivity index (χ1) is 12.8. The quantitative estimate of drug-likeness (QED) is 0.553. The summed E-state index contributed by atoms with van der Waals surface area (Å²) < 4.78 is 0. The van der Waals surface area contributed by atoms with E-state index in [9.17, 15) is 10.1 Å². The summed E-state index contributed by atoms with van der Waals surface area (Å²) in [4.78, 5) is 12.7. The minimum Gasteiger partial charge on any atom is -0.321 e. The topological polar surface area (TPSA) is 52.9 Å². The van der Waals surface area contributed by atoms with Gasteiger partial charge in [-0.05, 0) is 46.6 Å². The van der Waals surface area contributed by atoms with Crippen LogP contribution in [0.2, 0.25) is 0 Å². The Morgan fingerprint density at radius 1 is 1.04 bits per heavy atom. The first-order valence-corrected chi connectivity index (χ1v) is 9.44. The Balaban J connectivity index is 2.29. The number of rotatable bonds is 5. The molecule has 3 heteroatoms. The van der Waals surface area contributed by atoms with Crippen LogP contribution in [0, 0.1) is 11.3 Å². The molecule has 0 spiro atoms. The Morgan fingerprint density at radius 3 is 2.04 bits per heavy atom. The summed E-state index contributed by atoms with van der Waals surface area (Å²) in [6.45, 7) is 10.6. The third kappa shape index (κ3) is 5.08. The summed E-state index contributed by atoms with van der Waals surface area (Å²) in [7, 11) is 0. The minimum atomic E-state index is -0.368. The second-order valence-corrected chi connectivity index (χ2v) is 7.65. The van der Waals surface area contributed by atoms with E-state index in [1.807, 2.05) is 48.5 Å². The molecule has 0 heterocycles. The third-order valence-electron chi connectivity index (χ3n) is 4.69. The predicted molar refractivity (Wildman–Crippen MR) is 113 cm³/mol. The zero-order valence-corrected chi connectivity index (χ0v) is 16.9. The largest absolute Gasteiger partial charge is 0.321 e. The lowest BCUT2D eigenvalue weighted by Crippen LogP contribution is -2.16. The average Bonchev–Trinajstić information content (AvgIpc) is 2.65. The van der Waals surface area contributed by atoms with Crippen molar-refractivity contribution < 1.29 is 4.79 Å². The van der Waals surface area contributed by atoms with Gasteiger partial charge in [0.25, 0.3) is 5.91 Å². The Bertz CT molecular complexity index is 856. The Morgan fingerprint density at radius 2 is 1.59 bits per heavy atom. The molecule has 27 heavy (non-hydrogen) atoms. The van der Waals surface area contributed by atoms with Gasteiger partial charge in [0, 0.05) is 5.69 Å². The molecule has 1 N–H and O–H groups in total. The van der Waals surface area contributed by atoms with Crippen molar-refractivity contribution in [2.75, 3.05) is 5.32 Å². The van der Waals surface area contributed by atoms with Gasteiger partial charge >= 0.3 is 0 Å². The molecule has 0 bridgehead atoms. The van der Waals surface area contributed by atoms with Gasteiger partial charge in [-0.25, -0.2) is 0 Å². The average molecular weight is 361 g/mol. The van der Waals surface area contributed by atoms with Crippen LogP contribution in [0.1, 0.15) is 56.9 Å². The molecule has 0 aliphatic heterocycles. The van der Waals surface area contributed by atoms with Crippen molar-refractivity contribution in [3.63, 3.8) is 0 Å². The standard InChI is InChI=1S/C24H28N2O/c1-6-18-9-8-10-19(7-2)22(18)26-23(27)20(16-25)15-17-11-13-21(14-12-17)24(3,4)5/h8-15H,6-7H2,1-5H3,(H,26,27)/b20-15+. The molecule has 0 aliphatic carbocycles. The number of nitrogens with one attached hydrogen (secondary N) is 1. The highest BCUT2D eigenvalue weighted by molar-refractivity contribution is 6.10. The SMILES string of the molecule is CCc1cccc(CC)c1NC(=O)/C(C#N)=C/c1ccc(C(C)(C)C)cc1. The number of nitrogens with zero attached hydrogens (tertiary/aromatic N) is 1. The molecule has 0 aliphatic rings. The van der Waals surface area contributed by atoms with Crippen LogP contribution in [0.15, 0.2) is 48.0 Å². The van der Waals surface area contributed by atoms with E-state index in [2.05, 4.69) is 39.9 Å². The number of amides is 1. The normalized spacial score (nSPS) is 11.8. The smallest absolute Gasteiger partial charge is 0.266 e. The lowest BCUT2D eigenvalue weighted by atomic mass is 9.86. The van der Waals surface area contributed by atoms with Gasteiger partial charge in [-0.15, -0.1) is 0 Å². The van der Waals surface area contributed by atoms with E-state index in [0.29, 0.717) is 0 Å². The van der Waals surface area contributed by atoms with E-state index in [1.165, 1.54) is 5.56 Å². The zero-order valence-electron chi connectivity index (χ0n) is 16.9. The Labute approximate surface area is 162 Å². The Hall–Kier alpha value is -2.86. The van der Waals surface area contributed by atoms with Gasteiger partial charge in [-0.2, -0.15) is 5.26 Å². The van der Waals surface area contributed by atoms with Crippen LogP contribution in [0.3, 0.4) is 0 Å². The molecular formula is C24H28N2O. The van der Waals surface area contributed by atoms with Crippen molar-refractivity contribution in [2.45, 2.75) is 52.9 Å². The first kappa shape index (κ1) is 20.5. The van der Waals surface area contributed by atoms with Crippen molar-refractivity contribution in [3.05, 3.63) is 70.3 Å². The summed E-state index contributed by atoms with van der Waals surface area (Å²) >= 11 is 0. The van der Waals surface area contributed by atoms with Gasteiger partial charge in [0.1, 0.15) is 11.6 Å². The number of carbonyl (C=O) groups is 1. The fraction of sp³-hybridized carbons (Fsp3) is 0.333. The second kappa shape index (κ2) is 8.68. The minimum absolute atomic E-state index is 0.0676. The highest BCUT2D eigenvalue weighted by Crippen LogP contribution is 2.25. The number of hydrogen-bond donors (Lipinski definition) is 1. The molecule has 0 unspecified atom stereocenters. The van der Waals surface area contributed by atoms with Crippen LogP contribution in [0.5, 0.6) is 0 Å². The number of carbonyl (C=O) groups excluding carboxylic acids is 1. The van der Waals surface area contributed by atoms with Crippen molar-refractivity contribution in [2.24, 2.45) is 0 Å². The Kier molecular flexibility index (Phi) is 6.58. The van der Waals surface area contributed by atoms with Gasteiger partial charge in [0.2, 0.25) is 0 Å². The van der Waals surface area contributed by atoms with E-state index < -0.39 is 0 Å². The molecule has 2 rings (SSSR count). The molecule has 0 saturated carbocycles. The monoisotopic (exact) mass is 360 g/mol. The lowest BCUT2D eigenvalue weighted by molar-refractivity contribution is -0.112. The molecule has 3 nitrogen and oxygen atoms in total. The highest BCUT2D eigenvalue weighted by atomic mass is 16.1. The third-order valence-corrected chi connectivity index (χ3v) is 4.69. The van der Waals surface area contributed by atoms with Crippen molar-refractivity contribution in [1.82, 2.24) is 0 Å². The number of anilines is 1. The number of para-hydroxylation sites is 1. The number of benzene rings is 2.